The van der Waals surface area contributed by atoms with Gasteiger partial charge in [0, 0.05) is 30.2 Å². The van der Waals surface area contributed by atoms with Crippen molar-refractivity contribution in [2.75, 3.05) is 33.3 Å². The Morgan fingerprint density at radius 1 is 1.41 bits per heavy atom. The number of halogens is 1. The second-order valence-corrected chi connectivity index (χ2v) is 6.52. The number of carbonyl (C=O) groups is 1. The molecule has 0 aromatic heterocycles. The van der Waals surface area contributed by atoms with Crippen molar-refractivity contribution in [3.05, 3.63) is 28.8 Å². The molecule has 0 aliphatic carbocycles. The summed E-state index contributed by atoms with van der Waals surface area (Å²) in [7, 11) is 1.98. The molecule has 0 radical (unpaired) electrons. The number of likely N-dealkylation sites (tertiary alicyclic amines) is 1. The quantitative estimate of drug-likeness (QED) is 0.848. The third-order valence-electron chi connectivity index (χ3n) is 4.41. The first-order valence-corrected chi connectivity index (χ1v) is 7.99. The molecule has 5 nitrogen and oxygen atoms in total. The van der Waals surface area contributed by atoms with Crippen LogP contribution in [0.3, 0.4) is 0 Å². The SMILES string of the molecule is CN1CC[C@H](O)[C@H](C(=O)N2CCOc3ccc(Cl)cc3C2)C1. The van der Waals surface area contributed by atoms with Gasteiger partial charge in [0.25, 0.3) is 0 Å². The van der Waals surface area contributed by atoms with Crippen LogP contribution in [0.2, 0.25) is 5.02 Å². The lowest BCUT2D eigenvalue weighted by molar-refractivity contribution is -0.142. The molecule has 1 aromatic carbocycles. The molecular formula is C16H21ClN2O3. The lowest BCUT2D eigenvalue weighted by Gasteiger charge is -2.35. The molecule has 6 heteroatoms. The van der Waals surface area contributed by atoms with Gasteiger partial charge in [0.1, 0.15) is 12.4 Å². The van der Waals surface area contributed by atoms with Crippen LogP contribution in [-0.2, 0) is 11.3 Å². The number of hydrogen-bond acceptors (Lipinski definition) is 4. The number of aliphatic hydroxyl groups is 1. The lowest BCUT2D eigenvalue weighted by Crippen LogP contribution is -2.50. The second kappa shape index (κ2) is 6.44. The molecule has 1 amide bonds. The van der Waals surface area contributed by atoms with Crippen molar-refractivity contribution in [1.82, 2.24) is 9.80 Å². The van der Waals surface area contributed by atoms with Crippen molar-refractivity contribution in [1.29, 1.82) is 0 Å². The maximum Gasteiger partial charge on any atom is 0.230 e. The fraction of sp³-hybridized carbons (Fsp3) is 0.562. The molecular weight excluding hydrogens is 304 g/mol. The summed E-state index contributed by atoms with van der Waals surface area (Å²) in [5, 5.41) is 10.8. The van der Waals surface area contributed by atoms with E-state index in [1.54, 1.807) is 11.0 Å². The van der Waals surface area contributed by atoms with Crippen LogP contribution in [-0.4, -0.2) is 60.2 Å². The number of rotatable bonds is 1. The third-order valence-corrected chi connectivity index (χ3v) is 4.65. The van der Waals surface area contributed by atoms with Gasteiger partial charge in [0.05, 0.1) is 18.6 Å². The third kappa shape index (κ3) is 3.21. The zero-order chi connectivity index (χ0) is 15.7. The van der Waals surface area contributed by atoms with Crippen molar-refractivity contribution >= 4 is 17.5 Å². The number of aliphatic hydroxyl groups excluding tert-OH is 1. The predicted molar refractivity (Wildman–Crippen MR) is 84.0 cm³/mol. The molecule has 3 rings (SSSR count). The summed E-state index contributed by atoms with van der Waals surface area (Å²) in [5.41, 5.74) is 0.914. The molecule has 1 saturated heterocycles. The molecule has 0 saturated carbocycles. The molecule has 0 bridgehead atoms. The first kappa shape index (κ1) is 15.6. The van der Waals surface area contributed by atoms with Gasteiger partial charge in [-0.2, -0.15) is 0 Å². The maximum absolute atomic E-state index is 12.8. The van der Waals surface area contributed by atoms with E-state index >= 15 is 0 Å². The van der Waals surface area contributed by atoms with Crippen LogP contribution < -0.4 is 4.74 Å². The first-order valence-electron chi connectivity index (χ1n) is 7.61. The minimum Gasteiger partial charge on any atom is -0.491 e. The number of amides is 1. The number of fused-ring (bicyclic) bond motifs is 1. The van der Waals surface area contributed by atoms with Gasteiger partial charge in [-0.3, -0.25) is 4.79 Å². The number of nitrogens with zero attached hydrogens (tertiary/aromatic N) is 2. The van der Waals surface area contributed by atoms with E-state index in [0.717, 1.165) is 17.9 Å². The van der Waals surface area contributed by atoms with Gasteiger partial charge >= 0.3 is 0 Å². The summed E-state index contributed by atoms with van der Waals surface area (Å²) in [6.07, 6.45) is 0.0753. The lowest BCUT2D eigenvalue weighted by atomic mass is 9.93. The highest BCUT2D eigenvalue weighted by molar-refractivity contribution is 6.30. The van der Waals surface area contributed by atoms with Crippen LogP contribution in [0.1, 0.15) is 12.0 Å². The summed E-state index contributed by atoms with van der Waals surface area (Å²) in [6.45, 7) is 2.88. The van der Waals surface area contributed by atoms with Gasteiger partial charge in [0.15, 0.2) is 0 Å². The van der Waals surface area contributed by atoms with E-state index in [4.69, 9.17) is 16.3 Å². The monoisotopic (exact) mass is 324 g/mol. The van der Waals surface area contributed by atoms with E-state index in [0.29, 0.717) is 37.7 Å². The Kier molecular flexibility index (Phi) is 4.57. The standard InChI is InChI=1S/C16H21ClN2O3/c1-18-5-4-14(20)13(10-18)16(21)19-6-7-22-15-3-2-12(17)8-11(15)9-19/h2-3,8,13-14,20H,4-7,9-10H2,1H3/t13-,14+/m1/s1. The predicted octanol–water partition coefficient (Wildman–Crippen LogP) is 1.37. The highest BCUT2D eigenvalue weighted by Crippen LogP contribution is 2.28. The van der Waals surface area contributed by atoms with Crippen LogP contribution in [0.25, 0.3) is 0 Å². The summed E-state index contributed by atoms with van der Waals surface area (Å²) < 4.78 is 5.69. The molecule has 120 valence electrons. The zero-order valence-electron chi connectivity index (χ0n) is 12.7. The largest absolute Gasteiger partial charge is 0.491 e. The van der Waals surface area contributed by atoms with Gasteiger partial charge in [-0.25, -0.2) is 0 Å². The minimum absolute atomic E-state index is 0.00419. The highest BCUT2D eigenvalue weighted by atomic mass is 35.5. The van der Waals surface area contributed by atoms with Crippen molar-refractivity contribution in [2.45, 2.75) is 19.1 Å². The smallest absolute Gasteiger partial charge is 0.230 e. The van der Waals surface area contributed by atoms with Crippen molar-refractivity contribution < 1.29 is 14.6 Å². The van der Waals surface area contributed by atoms with Crippen LogP contribution in [0.5, 0.6) is 5.75 Å². The molecule has 2 atom stereocenters. The van der Waals surface area contributed by atoms with E-state index in [-0.39, 0.29) is 11.8 Å². The molecule has 22 heavy (non-hydrogen) atoms. The molecule has 1 N–H and O–H groups in total. The molecule has 0 unspecified atom stereocenters. The summed E-state index contributed by atoms with van der Waals surface area (Å²) >= 11 is 6.04. The fourth-order valence-electron chi connectivity index (χ4n) is 3.13. The summed E-state index contributed by atoms with van der Waals surface area (Å²) in [6, 6.07) is 5.47. The topological polar surface area (TPSA) is 53.0 Å². The maximum atomic E-state index is 12.8. The molecule has 1 aromatic rings. The first-order chi connectivity index (χ1) is 10.5. The van der Waals surface area contributed by atoms with Gasteiger partial charge in [0.2, 0.25) is 5.91 Å². The Labute approximate surface area is 135 Å². The Balaban J connectivity index is 1.78. The van der Waals surface area contributed by atoms with Crippen molar-refractivity contribution in [3.63, 3.8) is 0 Å². The summed E-state index contributed by atoms with van der Waals surface area (Å²) in [4.78, 5) is 16.7. The van der Waals surface area contributed by atoms with Crippen LogP contribution in [0, 0.1) is 5.92 Å². The van der Waals surface area contributed by atoms with Gasteiger partial charge in [-0.15, -0.1) is 0 Å². The second-order valence-electron chi connectivity index (χ2n) is 6.09. The molecule has 2 aliphatic heterocycles. The fourth-order valence-corrected chi connectivity index (χ4v) is 3.33. The number of piperidine rings is 1. The van der Waals surface area contributed by atoms with E-state index in [1.165, 1.54) is 0 Å². The summed E-state index contributed by atoms with van der Waals surface area (Å²) in [5.74, 6) is 0.413. The van der Waals surface area contributed by atoms with E-state index < -0.39 is 6.10 Å². The molecule has 1 fully saturated rings. The van der Waals surface area contributed by atoms with Crippen molar-refractivity contribution in [3.8, 4) is 5.75 Å². The van der Waals surface area contributed by atoms with E-state index in [1.807, 2.05) is 19.2 Å². The zero-order valence-corrected chi connectivity index (χ0v) is 13.4. The average molecular weight is 325 g/mol. The molecule has 2 heterocycles. The Bertz CT molecular complexity index is 566. The normalized spacial score (nSPS) is 26.0. The van der Waals surface area contributed by atoms with Gasteiger partial charge < -0.3 is 19.6 Å². The number of carbonyl (C=O) groups excluding carboxylic acids is 1. The molecule has 2 aliphatic rings. The Morgan fingerprint density at radius 3 is 3.05 bits per heavy atom. The minimum atomic E-state index is -0.563. The highest BCUT2D eigenvalue weighted by Gasteiger charge is 2.35. The Hall–Kier alpha value is -1.30. The van der Waals surface area contributed by atoms with Crippen LogP contribution >= 0.6 is 11.6 Å². The molecule has 0 spiro atoms. The van der Waals surface area contributed by atoms with E-state index in [2.05, 4.69) is 4.90 Å². The van der Waals surface area contributed by atoms with Crippen LogP contribution in [0.15, 0.2) is 18.2 Å². The Morgan fingerprint density at radius 2 is 2.23 bits per heavy atom. The average Bonchev–Trinajstić information content (AvgIpc) is 2.70. The van der Waals surface area contributed by atoms with Gasteiger partial charge in [-0.1, -0.05) is 11.6 Å². The van der Waals surface area contributed by atoms with Gasteiger partial charge in [-0.05, 0) is 31.7 Å². The van der Waals surface area contributed by atoms with Crippen molar-refractivity contribution in [2.24, 2.45) is 5.92 Å². The number of hydrogen-bond donors (Lipinski definition) is 1. The van der Waals surface area contributed by atoms with Crippen LogP contribution in [0.4, 0.5) is 0 Å². The number of ether oxygens (including phenoxy) is 1. The van der Waals surface area contributed by atoms with E-state index in [9.17, 15) is 9.90 Å². The number of benzene rings is 1.